The fourth-order valence-electron chi connectivity index (χ4n) is 3.76. The number of halogens is 7. The van der Waals surface area contributed by atoms with E-state index in [1.807, 2.05) is 0 Å². The van der Waals surface area contributed by atoms with E-state index in [1.165, 1.54) is 12.3 Å². The van der Waals surface area contributed by atoms with E-state index in [-0.39, 0.29) is 23.2 Å². The Hall–Kier alpha value is -3.33. The second-order valence-corrected chi connectivity index (χ2v) is 10.3. The van der Waals surface area contributed by atoms with Gasteiger partial charge in [0.05, 0.1) is 27.4 Å². The molecule has 1 N–H and O–H groups in total. The molecule has 16 heteroatoms. The molecule has 3 heterocycles. The number of hydrogen-bond donors (Lipinski definition) is 1. The van der Waals surface area contributed by atoms with E-state index < -0.39 is 38.5 Å². The average Bonchev–Trinajstić information content (AvgIpc) is 3.09. The number of nitrogens with zero attached hydrogens (tertiary/aromatic N) is 5. The molecule has 1 aliphatic heterocycles. The largest absolute Gasteiger partial charge is 0.433 e. The maximum absolute atomic E-state index is 13.0. The summed E-state index contributed by atoms with van der Waals surface area (Å²) >= 11 is 6.35. The van der Waals surface area contributed by atoms with Crippen molar-refractivity contribution in [3.05, 3.63) is 65.1 Å². The van der Waals surface area contributed by atoms with E-state index in [1.54, 1.807) is 9.80 Å². The predicted octanol–water partition coefficient (Wildman–Crippen LogP) is 5.08. The van der Waals surface area contributed by atoms with Gasteiger partial charge in [-0.15, -0.1) is 0 Å². The van der Waals surface area contributed by atoms with Crippen LogP contribution in [0.15, 0.2) is 53.7 Å². The molecule has 0 spiro atoms. The van der Waals surface area contributed by atoms with E-state index >= 15 is 0 Å². The number of anilines is 3. The summed E-state index contributed by atoms with van der Waals surface area (Å²) in [6, 6.07) is 5.35. The van der Waals surface area contributed by atoms with Crippen LogP contribution < -0.4 is 14.5 Å². The van der Waals surface area contributed by atoms with Crippen LogP contribution in [0, 0.1) is 0 Å². The summed E-state index contributed by atoms with van der Waals surface area (Å²) in [5, 5.41) is 0.0676. The summed E-state index contributed by atoms with van der Waals surface area (Å²) in [7, 11) is -4.37. The Balaban J connectivity index is 1.47. The molecule has 3 aromatic rings. The van der Waals surface area contributed by atoms with Crippen LogP contribution in [0.1, 0.15) is 17.7 Å². The van der Waals surface area contributed by atoms with Crippen LogP contribution in [-0.4, -0.2) is 49.5 Å². The van der Waals surface area contributed by atoms with Gasteiger partial charge in [-0.3, -0.25) is 4.72 Å². The Morgan fingerprint density at radius 2 is 1.61 bits per heavy atom. The minimum atomic E-state index is -4.71. The van der Waals surface area contributed by atoms with Crippen LogP contribution in [0.25, 0.3) is 0 Å². The Morgan fingerprint density at radius 1 is 0.895 bits per heavy atom. The van der Waals surface area contributed by atoms with Gasteiger partial charge in [0.15, 0.2) is 0 Å². The Bertz CT molecular complexity index is 1420. The second kappa shape index (κ2) is 10.4. The Morgan fingerprint density at radius 3 is 2.29 bits per heavy atom. The SMILES string of the molecule is O=S(=O)(Nc1cnc(N2CCCN(c3nccc(C(F)(F)F)n3)CC2)c(Cl)c1)c1cccc(C(F)(F)F)c1. The zero-order chi connectivity index (χ0) is 27.7. The van der Waals surface area contributed by atoms with E-state index in [0.717, 1.165) is 30.5 Å². The van der Waals surface area contributed by atoms with Crippen molar-refractivity contribution in [2.24, 2.45) is 0 Å². The lowest BCUT2D eigenvalue weighted by molar-refractivity contribution is -0.141. The molecule has 38 heavy (non-hydrogen) atoms. The van der Waals surface area contributed by atoms with Crippen molar-refractivity contribution in [1.29, 1.82) is 0 Å². The molecule has 8 nitrogen and oxygen atoms in total. The quantitative estimate of drug-likeness (QED) is 0.421. The van der Waals surface area contributed by atoms with E-state index in [4.69, 9.17) is 11.6 Å². The average molecular weight is 581 g/mol. The fourth-order valence-corrected chi connectivity index (χ4v) is 5.13. The van der Waals surface area contributed by atoms with Crippen LogP contribution in [0.2, 0.25) is 5.02 Å². The maximum Gasteiger partial charge on any atom is 0.433 e. The first-order valence-corrected chi connectivity index (χ1v) is 12.9. The number of benzene rings is 1. The normalized spacial score (nSPS) is 15.3. The third-order valence-electron chi connectivity index (χ3n) is 5.56. The van der Waals surface area contributed by atoms with Gasteiger partial charge in [-0.25, -0.2) is 23.4 Å². The van der Waals surface area contributed by atoms with Gasteiger partial charge in [0.2, 0.25) is 5.95 Å². The number of hydrogen-bond acceptors (Lipinski definition) is 7. The minimum Gasteiger partial charge on any atom is -0.354 e. The summed E-state index contributed by atoms with van der Waals surface area (Å²) in [6.45, 7) is 1.40. The van der Waals surface area contributed by atoms with Gasteiger partial charge in [-0.2, -0.15) is 26.3 Å². The first-order valence-electron chi connectivity index (χ1n) is 11.0. The number of aromatic nitrogens is 3. The zero-order valence-electron chi connectivity index (χ0n) is 19.3. The molecule has 0 radical (unpaired) electrons. The smallest absolute Gasteiger partial charge is 0.354 e. The summed E-state index contributed by atoms with van der Waals surface area (Å²) in [6.07, 6.45) is -6.58. The van der Waals surface area contributed by atoms with Gasteiger partial charge in [-0.1, -0.05) is 17.7 Å². The summed E-state index contributed by atoms with van der Waals surface area (Å²) < 4.78 is 105. The van der Waals surface area contributed by atoms with E-state index in [9.17, 15) is 34.8 Å². The molecule has 4 rings (SSSR count). The van der Waals surface area contributed by atoms with Crippen molar-refractivity contribution in [2.75, 3.05) is 40.7 Å². The molecule has 0 amide bonds. The number of alkyl halides is 6. The lowest BCUT2D eigenvalue weighted by atomic mass is 10.2. The molecular formula is C22H19ClF6N6O2S. The van der Waals surface area contributed by atoms with Crippen molar-refractivity contribution in [3.8, 4) is 0 Å². The molecule has 1 aliphatic rings. The highest BCUT2D eigenvalue weighted by Gasteiger charge is 2.34. The lowest BCUT2D eigenvalue weighted by Crippen LogP contribution is -2.32. The maximum atomic E-state index is 13.0. The number of sulfonamides is 1. The molecular weight excluding hydrogens is 562 g/mol. The van der Waals surface area contributed by atoms with Crippen molar-refractivity contribution >= 4 is 39.1 Å². The standard InChI is InChI=1S/C22H19ClF6N6O2S/c23-17-12-15(33-38(36,37)16-4-1-3-14(11-16)21(24,25)26)13-31-19(17)34-7-2-8-35(10-9-34)20-30-6-5-18(32-20)22(27,28)29/h1,3-6,11-13,33H,2,7-10H2. The number of rotatable bonds is 5. The molecule has 0 atom stereocenters. The first-order chi connectivity index (χ1) is 17.7. The summed E-state index contributed by atoms with van der Waals surface area (Å²) in [5.74, 6) is 0.251. The molecule has 0 aliphatic carbocycles. The van der Waals surface area contributed by atoms with Crippen molar-refractivity contribution in [1.82, 2.24) is 15.0 Å². The molecule has 0 bridgehead atoms. The molecule has 2 aromatic heterocycles. The van der Waals surface area contributed by atoms with Crippen LogP contribution in [0.4, 0.5) is 43.8 Å². The third-order valence-corrected chi connectivity index (χ3v) is 7.21. The van der Waals surface area contributed by atoms with Crippen LogP contribution in [-0.2, 0) is 22.4 Å². The topological polar surface area (TPSA) is 91.3 Å². The number of nitrogens with one attached hydrogen (secondary N) is 1. The van der Waals surface area contributed by atoms with E-state index in [2.05, 4.69) is 19.7 Å². The summed E-state index contributed by atoms with van der Waals surface area (Å²) in [4.78, 5) is 14.6. The molecule has 0 saturated carbocycles. The first kappa shape index (κ1) is 27.7. The van der Waals surface area contributed by atoms with Gasteiger partial charge in [0.25, 0.3) is 10.0 Å². The van der Waals surface area contributed by atoms with E-state index in [0.29, 0.717) is 37.9 Å². The Kier molecular flexibility index (Phi) is 7.61. The predicted molar refractivity (Wildman–Crippen MR) is 128 cm³/mol. The second-order valence-electron chi connectivity index (χ2n) is 8.23. The molecule has 0 unspecified atom stereocenters. The third kappa shape index (κ3) is 6.38. The van der Waals surface area contributed by atoms with Crippen LogP contribution >= 0.6 is 11.6 Å². The highest BCUT2D eigenvalue weighted by atomic mass is 35.5. The monoisotopic (exact) mass is 580 g/mol. The van der Waals surface area contributed by atoms with Crippen LogP contribution in [0.3, 0.4) is 0 Å². The summed E-state index contributed by atoms with van der Waals surface area (Å²) in [5.41, 5.74) is -2.22. The fraction of sp³-hybridized carbons (Fsp3) is 0.318. The van der Waals surface area contributed by atoms with Gasteiger partial charge >= 0.3 is 12.4 Å². The molecule has 204 valence electrons. The van der Waals surface area contributed by atoms with Gasteiger partial charge in [-0.05, 0) is 36.8 Å². The highest BCUT2D eigenvalue weighted by molar-refractivity contribution is 7.92. The van der Waals surface area contributed by atoms with Crippen molar-refractivity contribution < 1.29 is 34.8 Å². The zero-order valence-corrected chi connectivity index (χ0v) is 20.8. The van der Waals surface area contributed by atoms with Crippen molar-refractivity contribution in [2.45, 2.75) is 23.7 Å². The van der Waals surface area contributed by atoms with Gasteiger partial charge < -0.3 is 9.80 Å². The number of pyridine rings is 1. The van der Waals surface area contributed by atoms with Gasteiger partial charge in [0.1, 0.15) is 11.5 Å². The molecule has 1 saturated heterocycles. The molecule has 1 aromatic carbocycles. The Labute approximate surface area is 218 Å². The van der Waals surface area contributed by atoms with Crippen molar-refractivity contribution in [3.63, 3.8) is 0 Å². The highest BCUT2D eigenvalue weighted by Crippen LogP contribution is 2.32. The van der Waals surface area contributed by atoms with Gasteiger partial charge in [0, 0.05) is 32.4 Å². The minimum absolute atomic E-state index is 0.0555. The van der Waals surface area contributed by atoms with Crippen LogP contribution in [0.5, 0.6) is 0 Å². The lowest BCUT2D eigenvalue weighted by Gasteiger charge is -2.24. The molecule has 1 fully saturated rings.